The van der Waals surface area contributed by atoms with Gasteiger partial charge in [0.05, 0.1) is 0 Å². The quantitative estimate of drug-likeness (QED) is 0.803. The van der Waals surface area contributed by atoms with Crippen LogP contribution in [-0.2, 0) is 23.1 Å². The molecular weight excluding hydrogens is 346 g/mol. The van der Waals surface area contributed by atoms with Crippen molar-refractivity contribution in [2.75, 3.05) is 18.4 Å². The fraction of sp³-hybridized carbons (Fsp3) is 0.350. The summed E-state index contributed by atoms with van der Waals surface area (Å²) < 4.78 is 1.34. The van der Waals surface area contributed by atoms with Gasteiger partial charge >= 0.3 is 11.8 Å². The van der Waals surface area contributed by atoms with Crippen LogP contribution in [0.3, 0.4) is 0 Å². The van der Waals surface area contributed by atoms with E-state index in [9.17, 15) is 19.5 Å². The summed E-state index contributed by atoms with van der Waals surface area (Å²) in [6.07, 6.45) is 4.00. The molecule has 1 fully saturated rings. The molecule has 0 spiro atoms. The Kier molecular flexibility index (Phi) is 5.59. The molecule has 1 aromatic heterocycles. The lowest BCUT2D eigenvalue weighted by Crippen LogP contribution is -2.45. The lowest BCUT2D eigenvalue weighted by Gasteiger charge is -2.31. The van der Waals surface area contributed by atoms with Crippen LogP contribution >= 0.6 is 0 Å². The maximum absolute atomic E-state index is 12.4. The second-order valence-corrected chi connectivity index (χ2v) is 6.90. The highest BCUT2D eigenvalue weighted by atomic mass is 16.3. The maximum Gasteiger partial charge on any atom is 0.314 e. The number of benzene rings is 1. The first kappa shape index (κ1) is 18.7. The van der Waals surface area contributed by atoms with Gasteiger partial charge in [-0.2, -0.15) is 0 Å². The summed E-state index contributed by atoms with van der Waals surface area (Å²) in [7, 11) is 1.58. The van der Waals surface area contributed by atoms with E-state index in [1.807, 2.05) is 12.1 Å². The number of likely N-dealkylation sites (tertiary alicyclic amines) is 1. The molecule has 1 aromatic carbocycles. The minimum Gasteiger partial charge on any atom is -0.508 e. The third-order valence-corrected chi connectivity index (χ3v) is 4.90. The van der Waals surface area contributed by atoms with Crippen molar-refractivity contribution in [3.63, 3.8) is 0 Å². The highest BCUT2D eigenvalue weighted by molar-refractivity contribution is 6.39. The number of aromatic nitrogens is 1. The van der Waals surface area contributed by atoms with Crippen molar-refractivity contribution < 1.29 is 14.7 Å². The summed E-state index contributed by atoms with van der Waals surface area (Å²) in [5.41, 5.74) is 0.804. The zero-order valence-electron chi connectivity index (χ0n) is 15.2. The van der Waals surface area contributed by atoms with Gasteiger partial charge in [0.15, 0.2) is 0 Å². The smallest absolute Gasteiger partial charge is 0.314 e. The van der Waals surface area contributed by atoms with Crippen LogP contribution in [0.15, 0.2) is 47.4 Å². The normalized spacial score (nSPS) is 14.8. The van der Waals surface area contributed by atoms with Crippen LogP contribution in [0.4, 0.5) is 5.69 Å². The Morgan fingerprint density at radius 3 is 2.63 bits per heavy atom. The Hall–Kier alpha value is -3.09. The van der Waals surface area contributed by atoms with Crippen molar-refractivity contribution in [3.05, 3.63) is 58.5 Å². The molecule has 2 amide bonds. The van der Waals surface area contributed by atoms with Crippen LogP contribution in [0.1, 0.15) is 18.4 Å². The van der Waals surface area contributed by atoms with E-state index in [1.54, 1.807) is 31.4 Å². The molecule has 0 saturated carbocycles. The monoisotopic (exact) mass is 369 g/mol. The van der Waals surface area contributed by atoms with Crippen LogP contribution in [0, 0.1) is 5.92 Å². The Balaban J connectivity index is 1.54. The standard InChI is InChI=1S/C20H23N3O4/c1-22-9-3-6-17(19(22)26)21-18(25)20(27)23-10-7-14(8-11-23)12-15-4-2-5-16(24)13-15/h2-6,9,13-14,24H,7-8,10-12H2,1H3,(H,21,25). The van der Waals surface area contributed by atoms with Gasteiger partial charge in [0.25, 0.3) is 5.56 Å². The van der Waals surface area contributed by atoms with Crippen LogP contribution in [0.5, 0.6) is 5.75 Å². The van der Waals surface area contributed by atoms with Gasteiger partial charge in [-0.1, -0.05) is 12.1 Å². The topological polar surface area (TPSA) is 91.6 Å². The van der Waals surface area contributed by atoms with E-state index in [0.717, 1.165) is 24.8 Å². The molecule has 7 heteroatoms. The van der Waals surface area contributed by atoms with Gasteiger partial charge in [-0.3, -0.25) is 14.4 Å². The first-order chi connectivity index (χ1) is 12.9. The summed E-state index contributed by atoms with van der Waals surface area (Å²) in [5.74, 6) is -0.745. The molecule has 0 unspecified atom stereocenters. The van der Waals surface area contributed by atoms with Crippen LogP contribution < -0.4 is 10.9 Å². The zero-order valence-corrected chi connectivity index (χ0v) is 15.2. The minimum atomic E-state index is -0.787. The summed E-state index contributed by atoms with van der Waals surface area (Å²) in [6.45, 7) is 1.01. The second-order valence-electron chi connectivity index (χ2n) is 6.90. The number of amides is 2. The van der Waals surface area contributed by atoms with Crippen molar-refractivity contribution in [1.29, 1.82) is 0 Å². The first-order valence-electron chi connectivity index (χ1n) is 8.98. The Morgan fingerprint density at radius 1 is 1.19 bits per heavy atom. The molecule has 7 nitrogen and oxygen atoms in total. The largest absolute Gasteiger partial charge is 0.508 e. The highest BCUT2D eigenvalue weighted by Crippen LogP contribution is 2.23. The number of aryl methyl sites for hydroxylation is 1. The fourth-order valence-corrected chi connectivity index (χ4v) is 3.37. The number of pyridine rings is 1. The fourth-order valence-electron chi connectivity index (χ4n) is 3.37. The molecular formula is C20H23N3O4. The number of anilines is 1. The van der Waals surface area contributed by atoms with Crippen LogP contribution in [0.2, 0.25) is 0 Å². The summed E-state index contributed by atoms with van der Waals surface area (Å²) >= 11 is 0. The van der Waals surface area contributed by atoms with E-state index < -0.39 is 11.8 Å². The number of carbonyl (C=O) groups is 2. The van der Waals surface area contributed by atoms with E-state index in [0.29, 0.717) is 19.0 Å². The average molecular weight is 369 g/mol. The molecule has 0 radical (unpaired) electrons. The number of piperidine rings is 1. The first-order valence-corrected chi connectivity index (χ1v) is 8.98. The molecule has 2 N–H and O–H groups in total. The van der Waals surface area contributed by atoms with Crippen molar-refractivity contribution in [2.24, 2.45) is 13.0 Å². The molecule has 0 atom stereocenters. The Labute approximate surface area is 157 Å². The number of phenols is 1. The van der Waals surface area contributed by atoms with Gasteiger partial charge in [0.1, 0.15) is 11.4 Å². The van der Waals surface area contributed by atoms with Gasteiger partial charge in [0, 0.05) is 26.3 Å². The Morgan fingerprint density at radius 2 is 1.93 bits per heavy atom. The average Bonchev–Trinajstić information content (AvgIpc) is 2.65. The lowest BCUT2D eigenvalue weighted by atomic mass is 9.90. The van der Waals surface area contributed by atoms with Gasteiger partial charge < -0.3 is 19.9 Å². The number of nitrogens with one attached hydrogen (secondary N) is 1. The number of aromatic hydroxyl groups is 1. The molecule has 2 aromatic rings. The molecule has 142 valence electrons. The van der Waals surface area contributed by atoms with Crippen molar-refractivity contribution >= 4 is 17.5 Å². The van der Waals surface area contributed by atoms with Crippen molar-refractivity contribution in [2.45, 2.75) is 19.3 Å². The third kappa shape index (κ3) is 4.55. The van der Waals surface area contributed by atoms with E-state index >= 15 is 0 Å². The van der Waals surface area contributed by atoms with Gasteiger partial charge in [-0.25, -0.2) is 0 Å². The molecule has 0 aliphatic carbocycles. The predicted molar refractivity (Wildman–Crippen MR) is 101 cm³/mol. The zero-order chi connectivity index (χ0) is 19.4. The second kappa shape index (κ2) is 8.07. The lowest BCUT2D eigenvalue weighted by molar-refractivity contribution is -0.144. The van der Waals surface area contributed by atoms with Crippen LogP contribution in [0.25, 0.3) is 0 Å². The molecule has 1 aliphatic heterocycles. The highest BCUT2D eigenvalue weighted by Gasteiger charge is 2.27. The van der Waals surface area contributed by atoms with E-state index in [-0.39, 0.29) is 17.0 Å². The summed E-state index contributed by atoms with van der Waals surface area (Å²) in [4.78, 5) is 38.1. The van der Waals surface area contributed by atoms with Gasteiger partial charge in [-0.15, -0.1) is 0 Å². The maximum atomic E-state index is 12.4. The van der Waals surface area contributed by atoms with Gasteiger partial charge in [0.2, 0.25) is 0 Å². The van der Waals surface area contributed by atoms with Gasteiger partial charge in [-0.05, 0) is 55.0 Å². The van der Waals surface area contributed by atoms with Crippen molar-refractivity contribution in [3.8, 4) is 5.75 Å². The number of nitrogens with zero attached hydrogens (tertiary/aromatic N) is 2. The number of hydrogen-bond acceptors (Lipinski definition) is 4. The number of phenolic OH excluding ortho intramolecular Hbond substituents is 1. The molecule has 0 bridgehead atoms. The minimum absolute atomic E-state index is 0.0946. The molecule has 1 saturated heterocycles. The third-order valence-electron chi connectivity index (χ3n) is 4.90. The predicted octanol–water partition coefficient (Wildman–Crippen LogP) is 1.51. The molecule has 27 heavy (non-hydrogen) atoms. The summed E-state index contributed by atoms with van der Waals surface area (Å²) in [5, 5.41) is 12.0. The van der Waals surface area contributed by atoms with E-state index in [2.05, 4.69) is 5.32 Å². The SMILES string of the molecule is Cn1cccc(NC(=O)C(=O)N2CCC(Cc3cccc(O)c3)CC2)c1=O. The van der Waals surface area contributed by atoms with E-state index in [1.165, 1.54) is 15.5 Å². The summed E-state index contributed by atoms with van der Waals surface area (Å²) in [6, 6.07) is 10.3. The number of hydrogen-bond donors (Lipinski definition) is 2. The molecule has 2 heterocycles. The number of rotatable bonds is 3. The molecule has 1 aliphatic rings. The number of carbonyl (C=O) groups excluding carboxylic acids is 2. The van der Waals surface area contributed by atoms with Crippen molar-refractivity contribution in [1.82, 2.24) is 9.47 Å². The van der Waals surface area contributed by atoms with Crippen LogP contribution in [-0.4, -0.2) is 39.5 Å². The van der Waals surface area contributed by atoms with E-state index in [4.69, 9.17) is 0 Å². The molecule has 3 rings (SSSR count). The Bertz CT molecular complexity index is 898.